The summed E-state index contributed by atoms with van der Waals surface area (Å²) < 4.78 is 24.6. The number of hydrogen-bond acceptors (Lipinski definition) is 5. The molecule has 0 unspecified atom stereocenters. The van der Waals surface area contributed by atoms with Gasteiger partial charge in [0.25, 0.3) is 0 Å². The van der Waals surface area contributed by atoms with Gasteiger partial charge >= 0.3 is 0 Å². The summed E-state index contributed by atoms with van der Waals surface area (Å²) in [5.74, 6) is 0.634. The van der Waals surface area contributed by atoms with Crippen LogP contribution in [0.4, 0.5) is 5.82 Å². The van der Waals surface area contributed by atoms with Crippen molar-refractivity contribution in [3.8, 4) is 6.07 Å². The molecule has 0 N–H and O–H groups in total. The summed E-state index contributed by atoms with van der Waals surface area (Å²) in [4.78, 5) is 6.57. The van der Waals surface area contributed by atoms with E-state index in [0.717, 1.165) is 10.9 Å². The summed E-state index contributed by atoms with van der Waals surface area (Å²) >= 11 is 0. The standard InChI is InChI=1S/C15H16N4O2S/c1-22(20,21)19-8-6-18(7-9-19)15-13(11-16)10-12-4-2-3-5-14(12)17-15/h2-5,10H,6-9H2,1H3. The monoisotopic (exact) mass is 316 g/mol. The summed E-state index contributed by atoms with van der Waals surface area (Å²) in [5.41, 5.74) is 1.36. The minimum absolute atomic E-state index is 0.415. The summed E-state index contributed by atoms with van der Waals surface area (Å²) in [6.07, 6.45) is 1.22. The second-order valence-corrected chi connectivity index (χ2v) is 7.30. The number of anilines is 1. The van der Waals surface area contributed by atoms with Crippen LogP contribution in [0.1, 0.15) is 5.56 Å². The lowest BCUT2D eigenvalue weighted by Crippen LogP contribution is -2.48. The van der Waals surface area contributed by atoms with Gasteiger partial charge in [-0.1, -0.05) is 18.2 Å². The van der Waals surface area contributed by atoms with E-state index in [1.54, 1.807) is 0 Å². The van der Waals surface area contributed by atoms with Gasteiger partial charge in [0.2, 0.25) is 10.0 Å². The molecule has 7 heteroatoms. The van der Waals surface area contributed by atoms with Gasteiger partial charge in [0.15, 0.2) is 0 Å². The molecular formula is C15H16N4O2S. The molecule has 1 aliphatic rings. The van der Waals surface area contributed by atoms with Crippen LogP contribution >= 0.6 is 0 Å². The van der Waals surface area contributed by atoms with Gasteiger partial charge in [0, 0.05) is 31.6 Å². The maximum Gasteiger partial charge on any atom is 0.211 e. The number of sulfonamides is 1. The topological polar surface area (TPSA) is 77.3 Å². The van der Waals surface area contributed by atoms with Crippen LogP contribution in [0.15, 0.2) is 30.3 Å². The van der Waals surface area contributed by atoms with Crippen molar-refractivity contribution in [3.63, 3.8) is 0 Å². The number of fused-ring (bicyclic) bond motifs is 1. The third-order valence-corrected chi connectivity index (χ3v) is 5.13. The first-order valence-electron chi connectivity index (χ1n) is 6.99. The first-order valence-corrected chi connectivity index (χ1v) is 8.84. The fraction of sp³-hybridized carbons (Fsp3) is 0.333. The molecule has 1 saturated heterocycles. The number of para-hydroxylation sites is 1. The third kappa shape index (κ3) is 2.75. The largest absolute Gasteiger partial charge is 0.353 e. The van der Waals surface area contributed by atoms with E-state index in [2.05, 4.69) is 11.1 Å². The van der Waals surface area contributed by atoms with Crippen molar-refractivity contribution in [1.29, 1.82) is 5.26 Å². The maximum atomic E-state index is 11.6. The smallest absolute Gasteiger partial charge is 0.211 e. The molecule has 1 aromatic carbocycles. The number of nitriles is 1. The van der Waals surface area contributed by atoms with Crippen molar-refractivity contribution in [1.82, 2.24) is 9.29 Å². The van der Waals surface area contributed by atoms with Crippen molar-refractivity contribution in [3.05, 3.63) is 35.9 Å². The van der Waals surface area contributed by atoms with Gasteiger partial charge in [0.05, 0.1) is 17.3 Å². The molecule has 0 saturated carbocycles. The van der Waals surface area contributed by atoms with Gasteiger partial charge in [-0.15, -0.1) is 0 Å². The summed E-state index contributed by atoms with van der Waals surface area (Å²) in [6, 6.07) is 11.7. The normalized spacial score (nSPS) is 16.6. The first kappa shape index (κ1) is 14.8. The van der Waals surface area contributed by atoms with E-state index in [4.69, 9.17) is 0 Å². The van der Waals surface area contributed by atoms with E-state index in [-0.39, 0.29) is 0 Å². The van der Waals surface area contributed by atoms with Crippen LogP contribution in [0.3, 0.4) is 0 Å². The molecule has 0 atom stereocenters. The van der Waals surface area contributed by atoms with E-state index >= 15 is 0 Å². The molecule has 114 valence electrons. The Morgan fingerprint density at radius 2 is 1.86 bits per heavy atom. The SMILES string of the molecule is CS(=O)(=O)N1CCN(c2nc3ccccc3cc2C#N)CC1. The van der Waals surface area contributed by atoms with Crippen molar-refractivity contribution < 1.29 is 8.42 Å². The van der Waals surface area contributed by atoms with Gasteiger partial charge < -0.3 is 4.90 Å². The lowest BCUT2D eigenvalue weighted by atomic mass is 10.1. The second kappa shape index (κ2) is 5.55. The lowest BCUT2D eigenvalue weighted by Gasteiger charge is -2.34. The molecule has 1 fully saturated rings. The Labute approximate surface area is 129 Å². The predicted molar refractivity (Wildman–Crippen MR) is 85.1 cm³/mol. The van der Waals surface area contributed by atoms with Crippen LogP contribution in [0.5, 0.6) is 0 Å². The number of benzene rings is 1. The van der Waals surface area contributed by atoms with E-state index in [1.807, 2.05) is 35.2 Å². The minimum Gasteiger partial charge on any atom is -0.353 e. The molecule has 0 aliphatic carbocycles. The van der Waals surface area contributed by atoms with Crippen LogP contribution < -0.4 is 4.90 Å². The van der Waals surface area contributed by atoms with E-state index in [1.165, 1.54) is 10.6 Å². The Hall–Kier alpha value is -2.17. The Morgan fingerprint density at radius 3 is 2.50 bits per heavy atom. The fourth-order valence-corrected chi connectivity index (χ4v) is 3.49. The van der Waals surface area contributed by atoms with Crippen molar-refractivity contribution in [2.24, 2.45) is 0 Å². The van der Waals surface area contributed by atoms with Crippen LogP contribution in [0.25, 0.3) is 10.9 Å². The van der Waals surface area contributed by atoms with Crippen LogP contribution in [0.2, 0.25) is 0 Å². The van der Waals surface area contributed by atoms with Gasteiger partial charge in [-0.3, -0.25) is 0 Å². The molecule has 6 nitrogen and oxygen atoms in total. The molecule has 0 amide bonds. The molecular weight excluding hydrogens is 300 g/mol. The molecule has 2 aromatic rings. The molecule has 3 rings (SSSR count). The number of nitrogens with zero attached hydrogens (tertiary/aromatic N) is 4. The van der Waals surface area contributed by atoms with Crippen molar-refractivity contribution >= 4 is 26.7 Å². The predicted octanol–water partition coefficient (Wildman–Crippen LogP) is 1.19. The van der Waals surface area contributed by atoms with Crippen molar-refractivity contribution in [2.75, 3.05) is 37.3 Å². The molecule has 1 aromatic heterocycles. The highest BCUT2D eigenvalue weighted by molar-refractivity contribution is 7.88. The van der Waals surface area contributed by atoms with E-state index in [0.29, 0.717) is 37.6 Å². The molecule has 22 heavy (non-hydrogen) atoms. The Bertz CT molecular complexity index is 849. The molecule has 0 spiro atoms. The van der Waals surface area contributed by atoms with Crippen LogP contribution in [-0.4, -0.2) is 50.1 Å². The highest BCUT2D eigenvalue weighted by atomic mass is 32.2. The number of piperazine rings is 1. The summed E-state index contributed by atoms with van der Waals surface area (Å²) in [5, 5.41) is 10.3. The summed E-state index contributed by atoms with van der Waals surface area (Å²) in [6.45, 7) is 1.90. The Morgan fingerprint density at radius 1 is 1.18 bits per heavy atom. The Kier molecular flexibility index (Phi) is 3.72. The van der Waals surface area contributed by atoms with E-state index < -0.39 is 10.0 Å². The van der Waals surface area contributed by atoms with Gasteiger partial charge in [-0.25, -0.2) is 13.4 Å². The average molecular weight is 316 g/mol. The van der Waals surface area contributed by atoms with Crippen LogP contribution in [-0.2, 0) is 10.0 Å². The van der Waals surface area contributed by atoms with Gasteiger partial charge in [0.1, 0.15) is 11.9 Å². The number of hydrogen-bond donors (Lipinski definition) is 0. The average Bonchev–Trinajstić information content (AvgIpc) is 2.53. The number of pyridine rings is 1. The Balaban J connectivity index is 1.93. The maximum absolute atomic E-state index is 11.6. The molecule has 1 aliphatic heterocycles. The summed E-state index contributed by atoms with van der Waals surface area (Å²) in [7, 11) is -3.16. The third-order valence-electron chi connectivity index (χ3n) is 3.83. The zero-order valence-electron chi connectivity index (χ0n) is 12.2. The second-order valence-electron chi connectivity index (χ2n) is 5.31. The van der Waals surface area contributed by atoms with Gasteiger partial charge in [-0.2, -0.15) is 9.57 Å². The number of rotatable bonds is 2. The zero-order chi connectivity index (χ0) is 15.7. The molecule has 0 radical (unpaired) electrons. The first-order chi connectivity index (χ1) is 10.5. The quantitative estimate of drug-likeness (QED) is 0.831. The number of aromatic nitrogens is 1. The highest BCUT2D eigenvalue weighted by Crippen LogP contribution is 2.24. The minimum atomic E-state index is -3.16. The lowest BCUT2D eigenvalue weighted by molar-refractivity contribution is 0.387. The van der Waals surface area contributed by atoms with Gasteiger partial charge in [-0.05, 0) is 12.1 Å². The highest BCUT2D eigenvalue weighted by Gasteiger charge is 2.25. The zero-order valence-corrected chi connectivity index (χ0v) is 13.0. The van der Waals surface area contributed by atoms with Crippen molar-refractivity contribution in [2.45, 2.75) is 0 Å². The molecule has 0 bridgehead atoms. The van der Waals surface area contributed by atoms with Crippen LogP contribution in [0, 0.1) is 11.3 Å². The van der Waals surface area contributed by atoms with E-state index in [9.17, 15) is 13.7 Å². The molecule has 2 heterocycles. The fourth-order valence-electron chi connectivity index (χ4n) is 2.66.